The van der Waals surface area contributed by atoms with Gasteiger partial charge in [0.15, 0.2) is 0 Å². The van der Waals surface area contributed by atoms with Crippen molar-refractivity contribution in [3.8, 4) is 0 Å². The van der Waals surface area contributed by atoms with Crippen molar-refractivity contribution >= 4 is 25.8 Å². The van der Waals surface area contributed by atoms with E-state index < -0.39 is 25.8 Å². The minimum Gasteiger partial charge on any atom is -0.366 e. The molecule has 0 aromatic carbocycles. The van der Waals surface area contributed by atoms with Gasteiger partial charge in [0.2, 0.25) is 0 Å². The van der Waals surface area contributed by atoms with Crippen molar-refractivity contribution in [3.63, 3.8) is 0 Å². The number of H-pyrrole nitrogens is 1. The summed E-state index contributed by atoms with van der Waals surface area (Å²) >= 11 is 0. The second-order valence-electron chi connectivity index (χ2n) is 2.31. The largest absolute Gasteiger partial charge is 0.366 e. The van der Waals surface area contributed by atoms with Gasteiger partial charge < -0.3 is 24.6 Å². The standard InChI is InChI=1S/C4H7NO6P2/c6-12(7,8)3-1-5-2-4(3)13(9,10)11/h1-2,5H,(H2,6,7,8)(H2,9,10,11). The average Bonchev–Trinajstić information content (AvgIpc) is 2.27. The molecule has 1 rings (SSSR count). The molecule has 74 valence electrons. The van der Waals surface area contributed by atoms with Gasteiger partial charge in [-0.3, -0.25) is 9.13 Å². The van der Waals surface area contributed by atoms with E-state index >= 15 is 0 Å². The van der Waals surface area contributed by atoms with Crippen molar-refractivity contribution in [2.24, 2.45) is 0 Å². The van der Waals surface area contributed by atoms with Gasteiger partial charge in [-0.2, -0.15) is 0 Å². The van der Waals surface area contributed by atoms with E-state index in [4.69, 9.17) is 19.6 Å². The smallest absolute Gasteiger partial charge is 0.358 e. The third-order valence-corrected chi connectivity index (χ3v) is 3.50. The van der Waals surface area contributed by atoms with E-state index in [0.717, 1.165) is 12.4 Å². The van der Waals surface area contributed by atoms with Gasteiger partial charge in [0.05, 0.1) is 10.6 Å². The van der Waals surface area contributed by atoms with Gasteiger partial charge in [-0.15, -0.1) is 0 Å². The van der Waals surface area contributed by atoms with Crippen molar-refractivity contribution in [2.45, 2.75) is 0 Å². The summed E-state index contributed by atoms with van der Waals surface area (Å²) in [6.07, 6.45) is 1.74. The highest BCUT2D eigenvalue weighted by molar-refractivity contribution is 7.67. The Kier molecular flexibility index (Phi) is 2.51. The van der Waals surface area contributed by atoms with Gasteiger partial charge in [-0.1, -0.05) is 0 Å². The van der Waals surface area contributed by atoms with Gasteiger partial charge in [-0.05, 0) is 0 Å². The van der Waals surface area contributed by atoms with E-state index in [1.807, 2.05) is 0 Å². The first-order valence-electron chi connectivity index (χ1n) is 3.02. The molecule has 0 atom stereocenters. The second-order valence-corrected chi connectivity index (χ2v) is 5.45. The highest BCUT2D eigenvalue weighted by Crippen LogP contribution is 2.39. The third-order valence-electron chi connectivity index (χ3n) is 1.33. The number of hydrogen-bond donors (Lipinski definition) is 5. The van der Waals surface area contributed by atoms with Crippen LogP contribution in [0.15, 0.2) is 12.4 Å². The molecule has 0 amide bonds. The van der Waals surface area contributed by atoms with Crippen LogP contribution in [-0.2, 0) is 9.13 Å². The summed E-state index contributed by atoms with van der Waals surface area (Å²) in [7, 11) is -9.26. The molecule has 0 spiro atoms. The molecule has 0 radical (unpaired) electrons. The monoisotopic (exact) mass is 227 g/mol. The zero-order chi connectivity index (χ0) is 10.3. The van der Waals surface area contributed by atoms with Gasteiger partial charge in [0.1, 0.15) is 0 Å². The van der Waals surface area contributed by atoms with E-state index in [1.165, 1.54) is 0 Å². The Hall–Kier alpha value is -0.420. The highest BCUT2D eigenvalue weighted by atomic mass is 31.2. The first-order valence-corrected chi connectivity index (χ1v) is 6.24. The summed E-state index contributed by atoms with van der Waals surface area (Å²) in [6, 6.07) is 0. The molecule has 0 aliphatic heterocycles. The van der Waals surface area contributed by atoms with Gasteiger partial charge in [0.25, 0.3) is 0 Å². The van der Waals surface area contributed by atoms with Crippen LogP contribution in [0.4, 0.5) is 0 Å². The lowest BCUT2D eigenvalue weighted by Crippen LogP contribution is -2.20. The number of aromatic nitrogens is 1. The minimum atomic E-state index is -4.63. The molecule has 5 N–H and O–H groups in total. The summed E-state index contributed by atoms with van der Waals surface area (Å²) in [4.78, 5) is 36.9. The molecule has 0 aliphatic rings. The van der Waals surface area contributed by atoms with Crippen LogP contribution in [0.3, 0.4) is 0 Å². The molecule has 0 saturated carbocycles. The molecule has 0 fully saturated rings. The summed E-state index contributed by atoms with van der Waals surface area (Å²) < 4.78 is 21.4. The fraction of sp³-hybridized carbons (Fsp3) is 0. The highest BCUT2D eigenvalue weighted by Gasteiger charge is 2.31. The molecule has 7 nitrogen and oxygen atoms in total. The topological polar surface area (TPSA) is 131 Å². The lowest BCUT2D eigenvalue weighted by molar-refractivity contribution is 0.381. The Labute approximate surface area is 72.7 Å². The van der Waals surface area contributed by atoms with Crippen LogP contribution in [0.2, 0.25) is 0 Å². The van der Waals surface area contributed by atoms with Crippen molar-refractivity contribution in [3.05, 3.63) is 12.4 Å². The molecule has 9 heteroatoms. The van der Waals surface area contributed by atoms with Crippen LogP contribution >= 0.6 is 15.2 Å². The zero-order valence-electron chi connectivity index (χ0n) is 6.15. The van der Waals surface area contributed by atoms with Crippen molar-refractivity contribution in [2.75, 3.05) is 0 Å². The van der Waals surface area contributed by atoms with Crippen LogP contribution in [0.25, 0.3) is 0 Å². The van der Waals surface area contributed by atoms with Crippen molar-refractivity contribution in [1.82, 2.24) is 4.98 Å². The first-order chi connectivity index (χ1) is 5.73. The Morgan fingerprint density at radius 3 is 1.46 bits per heavy atom. The first kappa shape index (κ1) is 10.7. The van der Waals surface area contributed by atoms with Crippen LogP contribution in [-0.4, -0.2) is 24.6 Å². The number of hydrogen-bond acceptors (Lipinski definition) is 2. The molecule has 1 aromatic rings. The quantitative estimate of drug-likeness (QED) is 0.396. The third kappa shape index (κ3) is 2.28. The molecule has 0 unspecified atom stereocenters. The Morgan fingerprint density at radius 1 is 0.923 bits per heavy atom. The van der Waals surface area contributed by atoms with Crippen molar-refractivity contribution in [1.29, 1.82) is 0 Å². The zero-order valence-corrected chi connectivity index (χ0v) is 7.94. The van der Waals surface area contributed by atoms with Gasteiger partial charge >= 0.3 is 15.2 Å². The van der Waals surface area contributed by atoms with Gasteiger partial charge in [-0.25, -0.2) is 0 Å². The molecule has 13 heavy (non-hydrogen) atoms. The summed E-state index contributed by atoms with van der Waals surface area (Å²) in [5.41, 5.74) is 0. The molecular formula is C4H7NO6P2. The average molecular weight is 227 g/mol. The second kappa shape index (κ2) is 3.06. The Bertz CT molecular complexity index is 362. The Morgan fingerprint density at radius 2 is 1.23 bits per heavy atom. The van der Waals surface area contributed by atoms with Crippen LogP contribution in [0.1, 0.15) is 0 Å². The maximum atomic E-state index is 10.7. The molecule has 0 saturated heterocycles. The maximum absolute atomic E-state index is 10.7. The Balaban J connectivity index is 3.35. The van der Waals surface area contributed by atoms with Crippen LogP contribution < -0.4 is 10.6 Å². The summed E-state index contributed by atoms with van der Waals surface area (Å²) in [5.74, 6) is 0. The summed E-state index contributed by atoms with van der Waals surface area (Å²) in [6.45, 7) is 0. The molecule has 0 bridgehead atoms. The maximum Gasteiger partial charge on any atom is 0.358 e. The van der Waals surface area contributed by atoms with Crippen molar-refractivity contribution < 1.29 is 28.7 Å². The fourth-order valence-electron chi connectivity index (χ4n) is 0.814. The van der Waals surface area contributed by atoms with Gasteiger partial charge in [0, 0.05) is 12.4 Å². The minimum absolute atomic E-state index is 0.666. The van der Waals surface area contributed by atoms with Crippen LogP contribution in [0.5, 0.6) is 0 Å². The van der Waals surface area contributed by atoms with Crippen LogP contribution in [0, 0.1) is 0 Å². The lowest BCUT2D eigenvalue weighted by Gasteiger charge is -2.06. The van der Waals surface area contributed by atoms with E-state index in [1.54, 1.807) is 0 Å². The normalized spacial score (nSPS) is 13.2. The van der Waals surface area contributed by atoms with E-state index in [2.05, 4.69) is 4.98 Å². The SMILES string of the molecule is O=P(O)(O)c1c[nH]cc1P(=O)(O)O. The summed E-state index contributed by atoms with van der Waals surface area (Å²) in [5, 5.41) is -1.33. The predicted molar refractivity (Wildman–Crippen MR) is 44.1 cm³/mol. The number of nitrogens with one attached hydrogen (secondary N) is 1. The van der Waals surface area contributed by atoms with E-state index in [0.29, 0.717) is 0 Å². The molecular weight excluding hydrogens is 220 g/mol. The molecule has 0 aliphatic carbocycles. The van der Waals surface area contributed by atoms with E-state index in [-0.39, 0.29) is 0 Å². The van der Waals surface area contributed by atoms with E-state index in [9.17, 15) is 9.13 Å². The lowest BCUT2D eigenvalue weighted by atomic mass is 10.7. The molecule has 1 aromatic heterocycles. The fourth-order valence-corrected chi connectivity index (χ4v) is 2.81. The predicted octanol–water partition coefficient (Wildman–Crippen LogP) is -1.38. The number of aromatic amines is 1. The number of rotatable bonds is 2. The molecule has 1 heterocycles.